The number of ether oxygens (including phenoxy) is 1. The molecule has 5 heteroatoms. The summed E-state index contributed by atoms with van der Waals surface area (Å²) in [6.07, 6.45) is 1.90. The van der Waals surface area contributed by atoms with Crippen LogP contribution in [0, 0.1) is 0 Å². The lowest BCUT2D eigenvalue weighted by atomic mass is 9.97. The van der Waals surface area contributed by atoms with Gasteiger partial charge < -0.3 is 9.64 Å². The van der Waals surface area contributed by atoms with Gasteiger partial charge >= 0.3 is 0 Å². The number of aromatic amines is 1. The second-order valence-corrected chi connectivity index (χ2v) is 8.47. The smallest absolute Gasteiger partial charge is 0.138 e. The molecule has 3 heterocycles. The maximum absolute atomic E-state index is 5.58. The van der Waals surface area contributed by atoms with Gasteiger partial charge in [-0.05, 0) is 34.7 Å². The minimum Gasteiger partial charge on any atom is -0.378 e. The van der Waals surface area contributed by atoms with E-state index in [1.807, 2.05) is 12.3 Å². The van der Waals surface area contributed by atoms with Crippen LogP contribution in [0.4, 0.5) is 5.82 Å². The monoisotopic (exact) mass is 424 g/mol. The summed E-state index contributed by atoms with van der Waals surface area (Å²) in [5.41, 5.74) is 7.74. The molecule has 0 spiro atoms. The first kappa shape index (κ1) is 20.5. The van der Waals surface area contributed by atoms with E-state index in [1.165, 1.54) is 5.56 Å². The number of hydrogen-bond donors (Lipinski definition) is 1. The zero-order chi connectivity index (χ0) is 21.9. The number of H-pyrrole nitrogens is 1. The van der Waals surface area contributed by atoms with E-state index in [9.17, 15) is 0 Å². The van der Waals surface area contributed by atoms with E-state index in [1.54, 1.807) is 0 Å². The van der Waals surface area contributed by atoms with Crippen LogP contribution in [0.3, 0.4) is 0 Å². The van der Waals surface area contributed by atoms with Crippen LogP contribution in [-0.4, -0.2) is 41.5 Å². The van der Waals surface area contributed by atoms with Crippen molar-refractivity contribution >= 4 is 5.82 Å². The van der Waals surface area contributed by atoms with Gasteiger partial charge in [0.1, 0.15) is 5.82 Å². The van der Waals surface area contributed by atoms with E-state index in [0.717, 1.165) is 52.5 Å². The molecule has 5 rings (SSSR count). The van der Waals surface area contributed by atoms with Crippen LogP contribution in [0.1, 0.15) is 25.3 Å². The number of aromatic nitrogens is 3. The van der Waals surface area contributed by atoms with Gasteiger partial charge in [0, 0.05) is 24.8 Å². The molecule has 1 aliphatic heterocycles. The van der Waals surface area contributed by atoms with Crippen molar-refractivity contribution in [1.82, 2.24) is 15.2 Å². The third-order valence-corrected chi connectivity index (χ3v) is 6.05. The van der Waals surface area contributed by atoms with E-state index < -0.39 is 0 Å². The first-order valence-corrected chi connectivity index (χ1v) is 11.2. The predicted molar refractivity (Wildman–Crippen MR) is 130 cm³/mol. The summed E-state index contributed by atoms with van der Waals surface area (Å²) in [6, 6.07) is 23.4. The zero-order valence-corrected chi connectivity index (χ0v) is 18.6. The molecule has 0 atom stereocenters. The summed E-state index contributed by atoms with van der Waals surface area (Å²) in [4.78, 5) is 7.11. The van der Waals surface area contributed by atoms with Gasteiger partial charge in [0.2, 0.25) is 0 Å². The van der Waals surface area contributed by atoms with E-state index in [4.69, 9.17) is 9.72 Å². The fraction of sp³-hybridized carbons (Fsp3) is 0.259. The summed E-state index contributed by atoms with van der Waals surface area (Å²) in [7, 11) is 0. The van der Waals surface area contributed by atoms with Gasteiger partial charge in [0.05, 0.1) is 30.2 Å². The minimum atomic E-state index is 0.513. The lowest BCUT2D eigenvalue weighted by Crippen LogP contribution is -2.37. The molecule has 1 N–H and O–H groups in total. The van der Waals surface area contributed by atoms with E-state index in [0.29, 0.717) is 19.1 Å². The molecule has 162 valence electrons. The zero-order valence-electron chi connectivity index (χ0n) is 18.6. The van der Waals surface area contributed by atoms with Gasteiger partial charge in [0.15, 0.2) is 0 Å². The molecule has 32 heavy (non-hydrogen) atoms. The number of anilines is 1. The lowest BCUT2D eigenvalue weighted by Gasteiger charge is -2.30. The van der Waals surface area contributed by atoms with Gasteiger partial charge in [-0.15, -0.1) is 0 Å². The Bertz CT molecular complexity index is 1180. The highest BCUT2D eigenvalue weighted by Gasteiger charge is 2.22. The Hall–Kier alpha value is -3.44. The van der Waals surface area contributed by atoms with Gasteiger partial charge in [-0.1, -0.05) is 68.4 Å². The quantitative estimate of drug-likeness (QED) is 0.442. The van der Waals surface area contributed by atoms with Crippen LogP contribution < -0.4 is 4.90 Å². The molecule has 5 nitrogen and oxygen atoms in total. The second-order valence-electron chi connectivity index (χ2n) is 8.47. The molecule has 2 aromatic heterocycles. The standard InChI is InChI=1S/C27H28N4O/c1-19(2)20-8-10-22(11-9-20)24-18-25(30-29-24)26-23(21-6-4-3-5-7-21)12-13-28-27(26)31-14-16-32-17-15-31/h3-13,18-19H,14-17H2,1-2H3,(H,29,30). The van der Waals surface area contributed by atoms with Crippen molar-refractivity contribution in [1.29, 1.82) is 0 Å². The molecule has 1 saturated heterocycles. The van der Waals surface area contributed by atoms with Crippen LogP contribution in [0.2, 0.25) is 0 Å². The summed E-state index contributed by atoms with van der Waals surface area (Å²) in [6.45, 7) is 7.51. The Morgan fingerprint density at radius 1 is 0.906 bits per heavy atom. The van der Waals surface area contributed by atoms with Crippen LogP contribution in [0.5, 0.6) is 0 Å². The third kappa shape index (κ3) is 4.04. The first-order valence-electron chi connectivity index (χ1n) is 11.2. The van der Waals surface area contributed by atoms with Crippen molar-refractivity contribution in [2.24, 2.45) is 0 Å². The summed E-state index contributed by atoms with van der Waals surface area (Å²) in [5.74, 6) is 1.48. The summed E-state index contributed by atoms with van der Waals surface area (Å²) >= 11 is 0. The fourth-order valence-electron chi connectivity index (χ4n) is 4.23. The van der Waals surface area contributed by atoms with Gasteiger partial charge in [-0.25, -0.2) is 4.98 Å². The topological polar surface area (TPSA) is 54.0 Å². The lowest BCUT2D eigenvalue weighted by molar-refractivity contribution is 0.122. The van der Waals surface area contributed by atoms with Crippen molar-refractivity contribution in [3.63, 3.8) is 0 Å². The number of nitrogens with zero attached hydrogens (tertiary/aromatic N) is 3. The van der Waals surface area contributed by atoms with Gasteiger partial charge in [-0.3, -0.25) is 5.10 Å². The van der Waals surface area contributed by atoms with Crippen LogP contribution in [0.25, 0.3) is 33.6 Å². The highest BCUT2D eigenvalue weighted by molar-refractivity contribution is 5.90. The normalized spacial score (nSPS) is 14.2. The average Bonchev–Trinajstić information content (AvgIpc) is 3.35. The molecule has 0 saturated carbocycles. The molecule has 0 aliphatic carbocycles. The summed E-state index contributed by atoms with van der Waals surface area (Å²) in [5, 5.41) is 7.96. The first-order chi connectivity index (χ1) is 15.7. The van der Waals surface area contributed by atoms with Crippen LogP contribution in [0.15, 0.2) is 72.9 Å². The summed E-state index contributed by atoms with van der Waals surface area (Å²) < 4.78 is 5.58. The molecule has 4 aromatic rings. The van der Waals surface area contributed by atoms with E-state index >= 15 is 0 Å². The van der Waals surface area contributed by atoms with E-state index in [2.05, 4.69) is 89.6 Å². The van der Waals surface area contributed by atoms with Crippen molar-refractivity contribution < 1.29 is 4.74 Å². The fourth-order valence-corrected chi connectivity index (χ4v) is 4.23. The van der Waals surface area contributed by atoms with Crippen LogP contribution >= 0.6 is 0 Å². The van der Waals surface area contributed by atoms with Crippen molar-refractivity contribution in [3.05, 3.63) is 78.5 Å². The number of rotatable bonds is 5. The number of nitrogens with one attached hydrogen (secondary N) is 1. The average molecular weight is 425 g/mol. The number of morpholine rings is 1. The van der Waals surface area contributed by atoms with Gasteiger partial charge in [-0.2, -0.15) is 5.10 Å². The Labute approximate surface area is 189 Å². The Balaban J connectivity index is 1.60. The van der Waals surface area contributed by atoms with Crippen molar-refractivity contribution in [3.8, 4) is 33.6 Å². The van der Waals surface area contributed by atoms with Crippen molar-refractivity contribution in [2.75, 3.05) is 31.2 Å². The maximum atomic E-state index is 5.58. The molecule has 2 aromatic carbocycles. The molecule has 0 radical (unpaired) electrons. The minimum absolute atomic E-state index is 0.513. The number of benzene rings is 2. The molecule has 1 fully saturated rings. The Kier molecular flexibility index (Phi) is 5.73. The molecule has 0 amide bonds. The number of hydrogen-bond acceptors (Lipinski definition) is 4. The predicted octanol–water partition coefficient (Wildman–Crippen LogP) is 5.77. The Morgan fingerprint density at radius 3 is 2.38 bits per heavy atom. The third-order valence-electron chi connectivity index (χ3n) is 6.05. The van der Waals surface area contributed by atoms with Crippen molar-refractivity contribution in [2.45, 2.75) is 19.8 Å². The largest absolute Gasteiger partial charge is 0.378 e. The van der Waals surface area contributed by atoms with E-state index in [-0.39, 0.29) is 0 Å². The molecule has 1 aliphatic rings. The Morgan fingerprint density at radius 2 is 1.66 bits per heavy atom. The highest BCUT2D eigenvalue weighted by atomic mass is 16.5. The highest BCUT2D eigenvalue weighted by Crippen LogP contribution is 2.38. The second kappa shape index (κ2) is 8.97. The van der Waals surface area contributed by atoms with Gasteiger partial charge in [0.25, 0.3) is 0 Å². The number of pyridine rings is 1. The molecular weight excluding hydrogens is 396 g/mol. The molecular formula is C27H28N4O. The molecule has 0 unspecified atom stereocenters. The van der Waals surface area contributed by atoms with Crippen LogP contribution in [-0.2, 0) is 4.74 Å². The SMILES string of the molecule is CC(C)c1ccc(-c2cc(-c3c(-c4ccccc4)ccnc3N3CCOCC3)[nH]n2)cc1. The maximum Gasteiger partial charge on any atom is 0.138 e. The molecule has 0 bridgehead atoms.